The third kappa shape index (κ3) is 3.74. The van der Waals surface area contributed by atoms with Gasteiger partial charge in [-0.25, -0.2) is 0 Å². The molecule has 128 valence electrons. The summed E-state index contributed by atoms with van der Waals surface area (Å²) in [5.41, 5.74) is 1.69. The van der Waals surface area contributed by atoms with Gasteiger partial charge in [0.25, 0.3) is 0 Å². The summed E-state index contributed by atoms with van der Waals surface area (Å²) in [6.07, 6.45) is 0. The minimum absolute atomic E-state index is 0.0545. The highest BCUT2D eigenvalue weighted by Crippen LogP contribution is 2.26. The molecule has 0 saturated carbocycles. The third-order valence-electron chi connectivity index (χ3n) is 4.30. The van der Waals surface area contributed by atoms with Gasteiger partial charge in [-0.1, -0.05) is 30.3 Å². The molecule has 1 amide bonds. The van der Waals surface area contributed by atoms with E-state index in [9.17, 15) is 4.79 Å². The fraction of sp³-hybridized carbons (Fsp3) is 0.190. The quantitative estimate of drug-likeness (QED) is 0.741. The van der Waals surface area contributed by atoms with E-state index in [0.29, 0.717) is 5.75 Å². The summed E-state index contributed by atoms with van der Waals surface area (Å²) < 4.78 is 10.4. The number of hydrogen-bond donors (Lipinski definition) is 1. The maximum absolute atomic E-state index is 12.6. The van der Waals surface area contributed by atoms with Crippen LogP contribution >= 0.6 is 0 Å². The molecule has 4 nitrogen and oxygen atoms in total. The number of rotatable bonds is 5. The average Bonchev–Trinajstić information content (AvgIpc) is 2.66. The van der Waals surface area contributed by atoms with E-state index in [0.717, 1.165) is 27.8 Å². The van der Waals surface area contributed by atoms with E-state index in [2.05, 4.69) is 5.32 Å². The van der Waals surface area contributed by atoms with Gasteiger partial charge in [0, 0.05) is 11.8 Å². The van der Waals surface area contributed by atoms with Crippen LogP contribution in [0.1, 0.15) is 18.4 Å². The van der Waals surface area contributed by atoms with Crippen LogP contribution in [0.15, 0.2) is 60.7 Å². The molecule has 0 aromatic heterocycles. The molecular formula is C21H21NO3. The molecule has 0 aliphatic carbocycles. The molecule has 1 N–H and O–H groups in total. The van der Waals surface area contributed by atoms with Crippen LogP contribution in [0.25, 0.3) is 10.8 Å². The lowest BCUT2D eigenvalue weighted by Gasteiger charge is -2.14. The topological polar surface area (TPSA) is 47.6 Å². The van der Waals surface area contributed by atoms with Crippen molar-refractivity contribution in [2.24, 2.45) is 0 Å². The zero-order valence-corrected chi connectivity index (χ0v) is 14.6. The molecule has 0 spiro atoms. The van der Waals surface area contributed by atoms with Crippen molar-refractivity contribution >= 4 is 22.4 Å². The van der Waals surface area contributed by atoms with Gasteiger partial charge < -0.3 is 14.8 Å². The number of methoxy groups -OCH3 is 2. The van der Waals surface area contributed by atoms with E-state index in [1.807, 2.05) is 61.5 Å². The number of ether oxygens (including phenoxy) is 2. The summed E-state index contributed by atoms with van der Waals surface area (Å²) in [6.45, 7) is 1.90. The molecule has 1 atom stereocenters. The molecule has 1 unspecified atom stereocenters. The van der Waals surface area contributed by atoms with Crippen molar-refractivity contribution in [3.63, 3.8) is 0 Å². The van der Waals surface area contributed by atoms with Crippen LogP contribution < -0.4 is 14.8 Å². The molecule has 0 saturated heterocycles. The Hall–Kier alpha value is -3.01. The maximum Gasteiger partial charge on any atom is 0.231 e. The summed E-state index contributed by atoms with van der Waals surface area (Å²) in [4.78, 5) is 12.6. The van der Waals surface area contributed by atoms with Crippen LogP contribution in [0, 0.1) is 0 Å². The lowest BCUT2D eigenvalue weighted by Crippen LogP contribution is -2.18. The Bertz CT molecular complexity index is 905. The second kappa shape index (κ2) is 7.26. The van der Waals surface area contributed by atoms with Crippen LogP contribution in [0.4, 0.5) is 5.69 Å². The summed E-state index contributed by atoms with van der Waals surface area (Å²) >= 11 is 0. The summed E-state index contributed by atoms with van der Waals surface area (Å²) in [5.74, 6) is 1.22. The Labute approximate surface area is 147 Å². The molecule has 25 heavy (non-hydrogen) atoms. The minimum Gasteiger partial charge on any atom is -0.497 e. The normalized spacial score (nSPS) is 11.8. The number of carbonyl (C=O) groups is 1. The molecule has 0 bridgehead atoms. The standard InChI is InChI=1S/C21H21NO3/c1-14(21(23)22-18-5-4-6-19(13-18)24-2)15-7-8-17-12-20(25-3)10-9-16(17)11-15/h4-14H,1-3H3,(H,22,23). The molecule has 3 aromatic carbocycles. The Kier molecular flexibility index (Phi) is 4.89. The smallest absolute Gasteiger partial charge is 0.231 e. The highest BCUT2D eigenvalue weighted by Gasteiger charge is 2.16. The SMILES string of the molecule is COc1cccc(NC(=O)C(C)c2ccc3cc(OC)ccc3c2)c1. The molecule has 3 aromatic rings. The number of benzene rings is 3. The predicted molar refractivity (Wildman–Crippen MR) is 101 cm³/mol. The zero-order valence-electron chi connectivity index (χ0n) is 14.6. The minimum atomic E-state index is -0.266. The van der Waals surface area contributed by atoms with Crippen LogP contribution in [0.3, 0.4) is 0 Å². The number of amides is 1. The van der Waals surface area contributed by atoms with Crippen molar-refractivity contribution in [3.8, 4) is 11.5 Å². The van der Waals surface area contributed by atoms with Gasteiger partial charge in [0.1, 0.15) is 11.5 Å². The fourth-order valence-electron chi connectivity index (χ4n) is 2.74. The first-order chi connectivity index (χ1) is 12.1. The lowest BCUT2D eigenvalue weighted by atomic mass is 9.97. The Morgan fingerprint density at radius 2 is 1.56 bits per heavy atom. The number of hydrogen-bond acceptors (Lipinski definition) is 3. The summed E-state index contributed by atoms with van der Waals surface area (Å²) in [6, 6.07) is 19.3. The second-order valence-electron chi connectivity index (χ2n) is 5.92. The first-order valence-corrected chi connectivity index (χ1v) is 8.13. The summed E-state index contributed by atoms with van der Waals surface area (Å²) in [5, 5.41) is 5.11. The lowest BCUT2D eigenvalue weighted by molar-refractivity contribution is -0.117. The van der Waals surface area contributed by atoms with E-state index in [4.69, 9.17) is 9.47 Å². The fourth-order valence-corrected chi connectivity index (χ4v) is 2.74. The number of nitrogens with one attached hydrogen (secondary N) is 1. The Morgan fingerprint density at radius 3 is 2.32 bits per heavy atom. The van der Waals surface area contributed by atoms with Crippen molar-refractivity contribution in [2.45, 2.75) is 12.8 Å². The van der Waals surface area contributed by atoms with Crippen LogP contribution in [0.2, 0.25) is 0 Å². The van der Waals surface area contributed by atoms with Gasteiger partial charge in [0.15, 0.2) is 0 Å². The van der Waals surface area contributed by atoms with Gasteiger partial charge in [-0.3, -0.25) is 4.79 Å². The zero-order chi connectivity index (χ0) is 17.8. The number of anilines is 1. The molecule has 0 fully saturated rings. The average molecular weight is 335 g/mol. The van der Waals surface area contributed by atoms with E-state index < -0.39 is 0 Å². The molecule has 0 radical (unpaired) electrons. The molecule has 4 heteroatoms. The van der Waals surface area contributed by atoms with Gasteiger partial charge in [-0.05, 0) is 47.5 Å². The largest absolute Gasteiger partial charge is 0.497 e. The monoisotopic (exact) mass is 335 g/mol. The Morgan fingerprint density at radius 1 is 0.880 bits per heavy atom. The molecular weight excluding hydrogens is 314 g/mol. The predicted octanol–water partition coefficient (Wildman–Crippen LogP) is 4.60. The van der Waals surface area contributed by atoms with Gasteiger partial charge in [-0.2, -0.15) is 0 Å². The molecule has 0 aliphatic heterocycles. The first kappa shape index (κ1) is 16.8. The van der Waals surface area contributed by atoms with Crippen molar-refractivity contribution in [3.05, 3.63) is 66.2 Å². The second-order valence-corrected chi connectivity index (χ2v) is 5.92. The Balaban J connectivity index is 1.80. The molecule has 0 heterocycles. The van der Waals surface area contributed by atoms with Gasteiger partial charge in [0.05, 0.1) is 20.1 Å². The van der Waals surface area contributed by atoms with Crippen LogP contribution in [0.5, 0.6) is 11.5 Å². The number of fused-ring (bicyclic) bond motifs is 1. The highest BCUT2D eigenvalue weighted by atomic mass is 16.5. The van der Waals surface area contributed by atoms with E-state index in [1.54, 1.807) is 20.3 Å². The van der Waals surface area contributed by atoms with Crippen molar-refractivity contribution in [1.29, 1.82) is 0 Å². The highest BCUT2D eigenvalue weighted by molar-refractivity contribution is 5.96. The molecule has 3 rings (SSSR count). The maximum atomic E-state index is 12.6. The van der Waals surface area contributed by atoms with Gasteiger partial charge in [-0.15, -0.1) is 0 Å². The van der Waals surface area contributed by atoms with Crippen LogP contribution in [-0.4, -0.2) is 20.1 Å². The third-order valence-corrected chi connectivity index (χ3v) is 4.30. The number of carbonyl (C=O) groups excluding carboxylic acids is 1. The van der Waals surface area contributed by atoms with Gasteiger partial charge in [0.2, 0.25) is 5.91 Å². The van der Waals surface area contributed by atoms with Crippen molar-refractivity contribution in [1.82, 2.24) is 0 Å². The van der Waals surface area contributed by atoms with Gasteiger partial charge >= 0.3 is 0 Å². The summed E-state index contributed by atoms with van der Waals surface area (Å²) in [7, 11) is 3.26. The van der Waals surface area contributed by atoms with Crippen LogP contribution in [-0.2, 0) is 4.79 Å². The first-order valence-electron chi connectivity index (χ1n) is 8.13. The van der Waals surface area contributed by atoms with Crippen molar-refractivity contribution in [2.75, 3.05) is 19.5 Å². The van der Waals surface area contributed by atoms with E-state index in [1.165, 1.54) is 0 Å². The van der Waals surface area contributed by atoms with E-state index in [-0.39, 0.29) is 11.8 Å². The van der Waals surface area contributed by atoms with Crippen molar-refractivity contribution < 1.29 is 14.3 Å². The molecule has 0 aliphatic rings. The van der Waals surface area contributed by atoms with E-state index >= 15 is 0 Å².